The third-order valence-corrected chi connectivity index (χ3v) is 5.63. The van der Waals surface area contributed by atoms with Crippen molar-refractivity contribution in [3.63, 3.8) is 0 Å². The molecule has 1 unspecified atom stereocenters. The molecule has 2 aliphatic rings. The summed E-state index contributed by atoms with van der Waals surface area (Å²) in [6.07, 6.45) is 6.61. The highest BCUT2D eigenvalue weighted by Gasteiger charge is 2.26. The fraction of sp³-hybridized carbons (Fsp3) is 0.650. The fourth-order valence-electron chi connectivity index (χ4n) is 3.99. The number of piperidine rings is 1. The minimum absolute atomic E-state index is 0.334. The monoisotopic (exact) mass is 364 g/mol. The van der Waals surface area contributed by atoms with E-state index in [2.05, 4.69) is 11.0 Å². The van der Waals surface area contributed by atoms with Crippen LogP contribution in [0.4, 0.5) is 0 Å². The Bertz CT molecular complexity index is 593. The number of rotatable bonds is 7. The Morgan fingerprint density at radius 3 is 2.84 bits per heavy atom. The molecule has 5 heteroatoms. The zero-order chi connectivity index (χ0) is 17.6. The molecule has 2 aliphatic heterocycles. The van der Waals surface area contributed by atoms with Gasteiger partial charge in [0.25, 0.3) is 0 Å². The minimum Gasteiger partial charge on any atom is -0.492 e. The first-order chi connectivity index (χ1) is 12.2. The predicted molar refractivity (Wildman–Crippen MR) is 101 cm³/mol. The SMILES string of the molecule is CCOc1ccc(CN2CCCCC2CCN2CCCC2=O)cc1Cl. The molecule has 4 nitrogen and oxygen atoms in total. The lowest BCUT2D eigenvalue weighted by Crippen LogP contribution is -2.41. The van der Waals surface area contributed by atoms with Crippen LogP contribution in [0, 0.1) is 0 Å². The molecule has 25 heavy (non-hydrogen) atoms. The van der Waals surface area contributed by atoms with E-state index in [1.54, 1.807) is 0 Å². The lowest BCUT2D eigenvalue weighted by molar-refractivity contribution is -0.127. The first kappa shape index (κ1) is 18.5. The Labute approximate surface area is 156 Å². The Morgan fingerprint density at radius 1 is 1.24 bits per heavy atom. The molecular formula is C20H29ClN2O2. The van der Waals surface area contributed by atoms with Crippen LogP contribution in [0.25, 0.3) is 0 Å². The molecule has 1 aromatic rings. The summed E-state index contributed by atoms with van der Waals surface area (Å²) in [6, 6.07) is 6.69. The second-order valence-corrected chi connectivity index (χ2v) is 7.50. The van der Waals surface area contributed by atoms with E-state index in [-0.39, 0.29) is 0 Å². The van der Waals surface area contributed by atoms with Gasteiger partial charge in [-0.05, 0) is 56.8 Å². The summed E-state index contributed by atoms with van der Waals surface area (Å²) in [5.41, 5.74) is 1.23. The average Bonchev–Trinajstić information content (AvgIpc) is 3.02. The lowest BCUT2D eigenvalue weighted by atomic mass is 9.98. The first-order valence-electron chi connectivity index (χ1n) is 9.60. The molecule has 1 amide bonds. The quantitative estimate of drug-likeness (QED) is 0.730. The van der Waals surface area contributed by atoms with Gasteiger partial charge in [-0.2, -0.15) is 0 Å². The maximum Gasteiger partial charge on any atom is 0.222 e. The van der Waals surface area contributed by atoms with Gasteiger partial charge in [0.05, 0.1) is 11.6 Å². The number of hydrogen-bond donors (Lipinski definition) is 0. The summed E-state index contributed by atoms with van der Waals surface area (Å²) in [5, 5.41) is 0.690. The van der Waals surface area contributed by atoms with E-state index in [4.69, 9.17) is 16.3 Å². The largest absolute Gasteiger partial charge is 0.492 e. The topological polar surface area (TPSA) is 32.8 Å². The summed E-state index contributed by atoms with van der Waals surface area (Å²) in [7, 11) is 0. The van der Waals surface area contributed by atoms with Crippen molar-refractivity contribution in [2.24, 2.45) is 0 Å². The average molecular weight is 365 g/mol. The predicted octanol–water partition coefficient (Wildman–Crippen LogP) is 4.11. The van der Waals surface area contributed by atoms with Gasteiger partial charge in [0.15, 0.2) is 0 Å². The van der Waals surface area contributed by atoms with Gasteiger partial charge in [-0.3, -0.25) is 9.69 Å². The number of amides is 1. The molecule has 2 heterocycles. The van der Waals surface area contributed by atoms with Crippen molar-refractivity contribution >= 4 is 17.5 Å². The molecular weight excluding hydrogens is 336 g/mol. The molecule has 0 radical (unpaired) electrons. The Kier molecular flexibility index (Phi) is 6.60. The Balaban J connectivity index is 1.58. The van der Waals surface area contributed by atoms with Gasteiger partial charge in [-0.25, -0.2) is 0 Å². The molecule has 2 fully saturated rings. The Hall–Kier alpha value is -1.26. The maximum absolute atomic E-state index is 11.8. The third kappa shape index (κ3) is 4.89. The van der Waals surface area contributed by atoms with E-state index < -0.39 is 0 Å². The molecule has 0 aromatic heterocycles. The standard InChI is InChI=1S/C20H29ClN2O2/c1-2-25-19-9-8-16(14-18(19)21)15-23-11-4-3-6-17(23)10-13-22-12-5-7-20(22)24/h8-9,14,17H,2-7,10-13,15H2,1H3. The maximum atomic E-state index is 11.8. The van der Waals surface area contributed by atoms with E-state index in [1.165, 1.54) is 24.8 Å². The van der Waals surface area contributed by atoms with Gasteiger partial charge >= 0.3 is 0 Å². The minimum atomic E-state index is 0.334. The van der Waals surface area contributed by atoms with E-state index in [0.29, 0.717) is 23.6 Å². The van der Waals surface area contributed by atoms with Crippen molar-refractivity contribution in [1.82, 2.24) is 9.80 Å². The van der Waals surface area contributed by atoms with E-state index in [9.17, 15) is 4.79 Å². The molecule has 0 spiro atoms. The highest BCUT2D eigenvalue weighted by Crippen LogP contribution is 2.28. The molecule has 1 atom stereocenters. The summed E-state index contributed by atoms with van der Waals surface area (Å²) in [5.74, 6) is 1.09. The molecule has 0 N–H and O–H groups in total. The van der Waals surface area contributed by atoms with Crippen LogP contribution in [0.15, 0.2) is 18.2 Å². The highest BCUT2D eigenvalue weighted by atomic mass is 35.5. The van der Waals surface area contributed by atoms with E-state index in [0.717, 1.165) is 51.2 Å². The summed E-state index contributed by atoms with van der Waals surface area (Å²) >= 11 is 6.34. The lowest BCUT2D eigenvalue weighted by Gasteiger charge is -2.36. The zero-order valence-electron chi connectivity index (χ0n) is 15.2. The van der Waals surface area contributed by atoms with Gasteiger partial charge in [-0.15, -0.1) is 0 Å². The number of carbonyl (C=O) groups excluding carboxylic acids is 1. The summed E-state index contributed by atoms with van der Waals surface area (Å²) in [6.45, 7) is 6.49. The van der Waals surface area contributed by atoms with Crippen molar-refractivity contribution in [2.45, 2.75) is 58.0 Å². The second-order valence-electron chi connectivity index (χ2n) is 7.09. The van der Waals surface area contributed by atoms with Crippen molar-refractivity contribution in [1.29, 1.82) is 0 Å². The normalized spacial score (nSPS) is 21.8. The van der Waals surface area contributed by atoms with E-state index >= 15 is 0 Å². The van der Waals surface area contributed by atoms with Crippen LogP contribution >= 0.6 is 11.6 Å². The van der Waals surface area contributed by atoms with E-state index in [1.807, 2.05) is 24.0 Å². The van der Waals surface area contributed by atoms with Crippen molar-refractivity contribution < 1.29 is 9.53 Å². The molecule has 1 aromatic carbocycles. The number of ether oxygens (including phenoxy) is 1. The smallest absolute Gasteiger partial charge is 0.222 e. The van der Waals surface area contributed by atoms with Crippen molar-refractivity contribution in [2.75, 3.05) is 26.2 Å². The van der Waals surface area contributed by atoms with Gasteiger partial charge in [0.2, 0.25) is 5.91 Å². The third-order valence-electron chi connectivity index (χ3n) is 5.33. The number of halogens is 1. The Morgan fingerprint density at radius 2 is 2.12 bits per heavy atom. The van der Waals surface area contributed by atoms with Crippen LogP contribution in [0.3, 0.4) is 0 Å². The number of nitrogens with zero attached hydrogens (tertiary/aromatic N) is 2. The van der Waals surface area contributed by atoms with Crippen LogP contribution in [0.5, 0.6) is 5.75 Å². The van der Waals surface area contributed by atoms with Gasteiger partial charge in [-0.1, -0.05) is 24.1 Å². The van der Waals surface area contributed by atoms with Gasteiger partial charge in [0.1, 0.15) is 5.75 Å². The number of carbonyl (C=O) groups is 1. The number of likely N-dealkylation sites (tertiary alicyclic amines) is 2. The molecule has 2 saturated heterocycles. The molecule has 138 valence electrons. The number of hydrogen-bond acceptors (Lipinski definition) is 3. The number of benzene rings is 1. The zero-order valence-corrected chi connectivity index (χ0v) is 15.9. The molecule has 0 saturated carbocycles. The van der Waals surface area contributed by atoms with Crippen LogP contribution in [0.2, 0.25) is 5.02 Å². The van der Waals surface area contributed by atoms with Gasteiger partial charge in [0, 0.05) is 32.1 Å². The molecule has 0 aliphatic carbocycles. The molecule has 0 bridgehead atoms. The van der Waals surface area contributed by atoms with Gasteiger partial charge < -0.3 is 9.64 Å². The highest BCUT2D eigenvalue weighted by molar-refractivity contribution is 6.32. The fourth-order valence-corrected chi connectivity index (χ4v) is 4.25. The van der Waals surface area contributed by atoms with Crippen molar-refractivity contribution in [3.05, 3.63) is 28.8 Å². The van der Waals surface area contributed by atoms with Crippen LogP contribution in [-0.2, 0) is 11.3 Å². The summed E-state index contributed by atoms with van der Waals surface area (Å²) in [4.78, 5) is 16.4. The molecule has 3 rings (SSSR count). The van der Waals surface area contributed by atoms with Crippen LogP contribution < -0.4 is 4.74 Å². The van der Waals surface area contributed by atoms with Crippen molar-refractivity contribution in [3.8, 4) is 5.75 Å². The summed E-state index contributed by atoms with van der Waals surface area (Å²) < 4.78 is 5.53. The first-order valence-corrected chi connectivity index (χ1v) is 9.98. The second kappa shape index (κ2) is 8.91. The van der Waals surface area contributed by atoms with Crippen LogP contribution in [-0.4, -0.2) is 48.0 Å². The van der Waals surface area contributed by atoms with Crippen LogP contribution in [0.1, 0.15) is 51.0 Å².